The van der Waals surface area contributed by atoms with Gasteiger partial charge in [0.15, 0.2) is 0 Å². The third-order valence-corrected chi connectivity index (χ3v) is 3.75. The molecule has 0 unspecified atom stereocenters. The number of likely N-dealkylation sites (tertiary alicyclic amines) is 1. The highest BCUT2D eigenvalue weighted by molar-refractivity contribution is 6.31. The topological polar surface area (TPSA) is 57.6 Å². The van der Waals surface area contributed by atoms with Crippen LogP contribution in [-0.4, -0.2) is 35.0 Å². The van der Waals surface area contributed by atoms with Gasteiger partial charge in [-0.1, -0.05) is 11.6 Å². The predicted octanol–water partition coefficient (Wildman–Crippen LogP) is 3.30. The Balaban J connectivity index is 2.26. The maximum atomic E-state index is 12.8. The van der Waals surface area contributed by atoms with Crippen molar-refractivity contribution in [3.8, 4) is 0 Å². The van der Waals surface area contributed by atoms with E-state index in [0.717, 1.165) is 18.2 Å². The molecule has 4 nitrogen and oxygen atoms in total. The van der Waals surface area contributed by atoms with Gasteiger partial charge >= 0.3 is 12.1 Å². The fourth-order valence-electron chi connectivity index (χ4n) is 2.42. The number of aliphatic carboxylic acids is 1. The van der Waals surface area contributed by atoms with Crippen LogP contribution in [0.3, 0.4) is 0 Å². The molecule has 1 fully saturated rings. The van der Waals surface area contributed by atoms with E-state index in [4.69, 9.17) is 16.7 Å². The second-order valence-electron chi connectivity index (χ2n) is 5.15. The summed E-state index contributed by atoms with van der Waals surface area (Å²) in [5.74, 6) is -2.35. The molecule has 22 heavy (non-hydrogen) atoms. The first-order valence-electron chi connectivity index (χ1n) is 6.58. The predicted molar refractivity (Wildman–Crippen MR) is 72.7 cm³/mol. The third-order valence-electron chi connectivity index (χ3n) is 3.53. The zero-order valence-corrected chi connectivity index (χ0v) is 12.1. The molecule has 1 aliphatic heterocycles. The van der Waals surface area contributed by atoms with E-state index in [2.05, 4.69) is 0 Å². The lowest BCUT2D eigenvalue weighted by molar-refractivity contribution is -0.143. The van der Waals surface area contributed by atoms with Gasteiger partial charge in [0.2, 0.25) is 0 Å². The number of piperidine rings is 1. The fourth-order valence-corrected chi connectivity index (χ4v) is 2.66. The smallest absolute Gasteiger partial charge is 0.416 e. The lowest BCUT2D eigenvalue weighted by atomic mass is 9.97. The fraction of sp³-hybridized carbons (Fsp3) is 0.429. The lowest BCUT2D eigenvalue weighted by Crippen LogP contribution is -2.42. The van der Waals surface area contributed by atoms with Crippen LogP contribution in [0, 0.1) is 5.92 Å². The van der Waals surface area contributed by atoms with Crippen molar-refractivity contribution in [3.05, 3.63) is 34.3 Å². The Kier molecular flexibility index (Phi) is 4.65. The summed E-state index contributed by atoms with van der Waals surface area (Å²) in [6.07, 6.45) is -3.66. The van der Waals surface area contributed by atoms with Gasteiger partial charge in [0.05, 0.1) is 11.5 Å². The second-order valence-corrected chi connectivity index (χ2v) is 5.59. The Labute approximate surface area is 129 Å². The molecular formula is C14H13ClF3NO3. The van der Waals surface area contributed by atoms with E-state index in [1.165, 1.54) is 4.90 Å². The number of hydrogen-bond acceptors (Lipinski definition) is 2. The molecule has 1 aromatic carbocycles. The Morgan fingerprint density at radius 3 is 2.55 bits per heavy atom. The SMILES string of the molecule is O=C(O)[C@H]1CCCN(C(=O)c2cc(Cl)cc(C(F)(F)F)c2)C1. The quantitative estimate of drug-likeness (QED) is 0.902. The number of amides is 1. The van der Waals surface area contributed by atoms with E-state index in [-0.39, 0.29) is 17.1 Å². The van der Waals surface area contributed by atoms with Gasteiger partial charge in [0, 0.05) is 23.7 Å². The van der Waals surface area contributed by atoms with Crippen molar-refractivity contribution in [2.24, 2.45) is 5.92 Å². The largest absolute Gasteiger partial charge is 0.481 e. The summed E-state index contributed by atoms with van der Waals surface area (Å²) in [6, 6.07) is 2.64. The van der Waals surface area contributed by atoms with E-state index >= 15 is 0 Å². The van der Waals surface area contributed by atoms with Gasteiger partial charge < -0.3 is 10.0 Å². The van der Waals surface area contributed by atoms with Gasteiger partial charge in [0.25, 0.3) is 5.91 Å². The normalized spacial score (nSPS) is 19.1. The maximum Gasteiger partial charge on any atom is 0.416 e. The van der Waals surface area contributed by atoms with Gasteiger partial charge in [-0.2, -0.15) is 13.2 Å². The van der Waals surface area contributed by atoms with Crippen molar-refractivity contribution in [1.29, 1.82) is 0 Å². The van der Waals surface area contributed by atoms with Crippen LogP contribution in [0.15, 0.2) is 18.2 Å². The Bertz CT molecular complexity index is 603. The van der Waals surface area contributed by atoms with Crippen LogP contribution in [0.4, 0.5) is 13.2 Å². The Morgan fingerprint density at radius 2 is 1.95 bits per heavy atom. The molecule has 1 amide bonds. The highest BCUT2D eigenvalue weighted by Crippen LogP contribution is 2.32. The summed E-state index contributed by atoms with van der Waals surface area (Å²) >= 11 is 5.65. The first-order valence-corrected chi connectivity index (χ1v) is 6.96. The van der Waals surface area contributed by atoms with Crippen molar-refractivity contribution in [2.45, 2.75) is 19.0 Å². The van der Waals surface area contributed by atoms with Crippen LogP contribution in [0.2, 0.25) is 5.02 Å². The van der Waals surface area contributed by atoms with Crippen LogP contribution < -0.4 is 0 Å². The Morgan fingerprint density at radius 1 is 1.27 bits per heavy atom. The molecule has 1 saturated heterocycles. The monoisotopic (exact) mass is 335 g/mol. The van der Waals surface area contributed by atoms with Crippen molar-refractivity contribution in [2.75, 3.05) is 13.1 Å². The molecular weight excluding hydrogens is 323 g/mol. The van der Waals surface area contributed by atoms with E-state index in [1.54, 1.807) is 0 Å². The number of carbonyl (C=O) groups is 2. The van der Waals surface area contributed by atoms with Crippen LogP contribution in [0.25, 0.3) is 0 Å². The maximum absolute atomic E-state index is 12.8. The van der Waals surface area contributed by atoms with Gasteiger partial charge in [-0.3, -0.25) is 9.59 Å². The summed E-state index contributed by atoms with van der Waals surface area (Å²) < 4.78 is 38.3. The third kappa shape index (κ3) is 3.71. The van der Waals surface area contributed by atoms with Gasteiger partial charge in [0.1, 0.15) is 0 Å². The minimum Gasteiger partial charge on any atom is -0.481 e. The number of carbonyl (C=O) groups excluding carboxylic acids is 1. The van der Waals surface area contributed by atoms with Crippen molar-refractivity contribution in [3.63, 3.8) is 0 Å². The first-order chi connectivity index (χ1) is 10.2. The first kappa shape index (κ1) is 16.6. The molecule has 8 heteroatoms. The summed E-state index contributed by atoms with van der Waals surface area (Å²) in [5.41, 5.74) is -1.19. The molecule has 0 radical (unpaired) electrons. The van der Waals surface area contributed by atoms with Gasteiger partial charge in [-0.25, -0.2) is 0 Å². The number of carboxylic acids is 1. The van der Waals surface area contributed by atoms with Gasteiger partial charge in [-0.15, -0.1) is 0 Å². The molecule has 1 aliphatic rings. The number of halogens is 4. The summed E-state index contributed by atoms with van der Waals surface area (Å²) in [5, 5.41) is 8.81. The summed E-state index contributed by atoms with van der Waals surface area (Å²) in [6.45, 7) is 0.304. The Hall–Kier alpha value is -1.76. The molecule has 0 bridgehead atoms. The van der Waals surface area contributed by atoms with Crippen LogP contribution in [0.5, 0.6) is 0 Å². The average molecular weight is 336 g/mol. The van der Waals surface area contributed by atoms with Crippen LogP contribution in [-0.2, 0) is 11.0 Å². The zero-order valence-electron chi connectivity index (χ0n) is 11.4. The molecule has 1 atom stereocenters. The number of carboxylic acid groups (broad SMARTS) is 1. The van der Waals surface area contributed by atoms with Crippen molar-refractivity contribution >= 4 is 23.5 Å². The van der Waals surface area contributed by atoms with E-state index in [0.29, 0.717) is 19.4 Å². The van der Waals surface area contributed by atoms with E-state index in [9.17, 15) is 22.8 Å². The average Bonchev–Trinajstić information content (AvgIpc) is 2.45. The second kappa shape index (κ2) is 6.16. The molecule has 1 heterocycles. The van der Waals surface area contributed by atoms with Gasteiger partial charge in [-0.05, 0) is 31.0 Å². The molecule has 0 aromatic heterocycles. The van der Waals surface area contributed by atoms with Crippen molar-refractivity contribution < 1.29 is 27.9 Å². The molecule has 120 valence electrons. The summed E-state index contributed by atoms with van der Waals surface area (Å²) in [4.78, 5) is 24.6. The van der Waals surface area contributed by atoms with E-state index in [1.807, 2.05) is 0 Å². The highest BCUT2D eigenvalue weighted by Gasteiger charge is 2.33. The number of nitrogens with zero attached hydrogens (tertiary/aromatic N) is 1. The van der Waals surface area contributed by atoms with Crippen LogP contribution in [0.1, 0.15) is 28.8 Å². The number of benzene rings is 1. The minimum absolute atomic E-state index is 0.0119. The molecule has 1 aromatic rings. The number of alkyl halides is 3. The highest BCUT2D eigenvalue weighted by atomic mass is 35.5. The van der Waals surface area contributed by atoms with Crippen LogP contribution >= 0.6 is 11.6 Å². The van der Waals surface area contributed by atoms with Crippen molar-refractivity contribution in [1.82, 2.24) is 4.90 Å². The molecule has 1 N–H and O–H groups in total. The minimum atomic E-state index is -4.61. The molecule has 0 saturated carbocycles. The summed E-state index contributed by atoms with van der Waals surface area (Å²) in [7, 11) is 0. The number of hydrogen-bond donors (Lipinski definition) is 1. The number of rotatable bonds is 2. The zero-order chi connectivity index (χ0) is 16.5. The van der Waals surface area contributed by atoms with E-state index < -0.39 is 29.5 Å². The standard InChI is InChI=1S/C14H13ClF3NO3/c15-11-5-9(4-10(6-11)14(16,17)18)12(20)19-3-1-2-8(7-19)13(21)22/h4-6,8H,1-3,7H2,(H,21,22)/t8-/m0/s1. The molecule has 2 rings (SSSR count). The lowest BCUT2D eigenvalue weighted by Gasteiger charge is -2.31. The molecule has 0 aliphatic carbocycles. The molecule has 0 spiro atoms.